The molecule has 0 unspecified atom stereocenters. The van der Waals surface area contributed by atoms with Gasteiger partial charge in [0.1, 0.15) is 11.5 Å². The summed E-state index contributed by atoms with van der Waals surface area (Å²) >= 11 is 0. The molecule has 0 radical (unpaired) electrons. The molecule has 0 saturated carbocycles. The van der Waals surface area contributed by atoms with Gasteiger partial charge in [0.15, 0.2) is 5.82 Å². The van der Waals surface area contributed by atoms with Crippen molar-refractivity contribution in [3.05, 3.63) is 77.6 Å². The van der Waals surface area contributed by atoms with E-state index in [1.165, 1.54) is 0 Å². The molecule has 4 rings (SSSR count). The molecule has 9 heteroatoms. The topological polar surface area (TPSA) is 103 Å². The molecule has 2 heterocycles. The molecular weight excluding hydrogens is 420 g/mol. The van der Waals surface area contributed by atoms with Crippen molar-refractivity contribution >= 4 is 17.4 Å². The van der Waals surface area contributed by atoms with Crippen LogP contribution >= 0.6 is 0 Å². The largest absolute Gasteiger partial charge is 0.497 e. The maximum absolute atomic E-state index is 12.3. The van der Waals surface area contributed by atoms with E-state index >= 15 is 0 Å². The highest BCUT2D eigenvalue weighted by atomic mass is 16.5. The number of aryl methyl sites for hydroxylation is 3. The average Bonchev–Trinajstić information content (AvgIpc) is 3.15. The molecule has 0 atom stereocenters. The molecule has 0 bridgehead atoms. The fourth-order valence-electron chi connectivity index (χ4n) is 3.26. The van der Waals surface area contributed by atoms with Gasteiger partial charge in [-0.1, -0.05) is 0 Å². The zero-order valence-corrected chi connectivity index (χ0v) is 18.8. The molecule has 0 aliphatic rings. The fourth-order valence-corrected chi connectivity index (χ4v) is 3.26. The van der Waals surface area contributed by atoms with E-state index in [2.05, 4.69) is 25.9 Å². The number of nitrogens with one attached hydrogen (secondary N) is 2. The minimum Gasteiger partial charge on any atom is -0.497 e. The molecule has 168 valence electrons. The van der Waals surface area contributed by atoms with Crippen LogP contribution in [0.2, 0.25) is 0 Å². The van der Waals surface area contributed by atoms with Crippen LogP contribution in [0.25, 0.3) is 5.82 Å². The Kier molecular flexibility index (Phi) is 6.21. The summed E-state index contributed by atoms with van der Waals surface area (Å²) in [6.07, 6.45) is 0. The van der Waals surface area contributed by atoms with Gasteiger partial charge in [-0.2, -0.15) is 5.10 Å². The Morgan fingerprint density at radius 2 is 1.64 bits per heavy atom. The second-order valence-corrected chi connectivity index (χ2v) is 7.46. The van der Waals surface area contributed by atoms with Gasteiger partial charge in [-0.3, -0.25) is 0 Å². The Labute approximate surface area is 191 Å². The number of urea groups is 1. The Morgan fingerprint density at radius 1 is 0.879 bits per heavy atom. The van der Waals surface area contributed by atoms with Crippen LogP contribution in [0.1, 0.15) is 17.0 Å². The summed E-state index contributed by atoms with van der Waals surface area (Å²) in [6.45, 7) is 5.79. The van der Waals surface area contributed by atoms with Crippen molar-refractivity contribution in [1.29, 1.82) is 0 Å². The lowest BCUT2D eigenvalue weighted by Crippen LogP contribution is -2.19. The Balaban J connectivity index is 1.35. The molecule has 33 heavy (non-hydrogen) atoms. The quantitative estimate of drug-likeness (QED) is 0.432. The second-order valence-electron chi connectivity index (χ2n) is 7.46. The smallest absolute Gasteiger partial charge is 0.323 e. The van der Waals surface area contributed by atoms with Crippen LogP contribution in [-0.2, 0) is 0 Å². The molecule has 2 amide bonds. The molecule has 0 aliphatic carbocycles. The van der Waals surface area contributed by atoms with Crippen molar-refractivity contribution in [3.8, 4) is 23.2 Å². The third-order valence-electron chi connectivity index (χ3n) is 4.87. The monoisotopic (exact) mass is 444 g/mol. The number of hydrogen-bond donors (Lipinski definition) is 2. The normalized spacial score (nSPS) is 10.5. The van der Waals surface area contributed by atoms with Crippen LogP contribution in [0.4, 0.5) is 16.2 Å². The zero-order valence-electron chi connectivity index (χ0n) is 18.8. The van der Waals surface area contributed by atoms with Crippen molar-refractivity contribution < 1.29 is 14.3 Å². The number of benzene rings is 2. The van der Waals surface area contributed by atoms with Gasteiger partial charge in [-0.05, 0) is 80.9 Å². The van der Waals surface area contributed by atoms with Crippen molar-refractivity contribution in [2.45, 2.75) is 20.8 Å². The van der Waals surface area contributed by atoms with Crippen molar-refractivity contribution in [2.75, 3.05) is 17.7 Å². The predicted molar refractivity (Wildman–Crippen MR) is 126 cm³/mol. The van der Waals surface area contributed by atoms with E-state index in [4.69, 9.17) is 9.47 Å². The Hall–Kier alpha value is -4.40. The standard InChI is InChI=1S/C24H24N6O3/c1-15-13-20(32-4)9-10-21(15)26-24(31)25-18-5-7-19(8-6-18)33-23-12-11-22(27-28-23)30-17(3)14-16(2)29-30/h5-14H,1-4H3,(H2,25,26,31). The van der Waals surface area contributed by atoms with Gasteiger partial charge in [-0.15, -0.1) is 10.2 Å². The molecule has 0 fully saturated rings. The van der Waals surface area contributed by atoms with Crippen LogP contribution in [-0.4, -0.2) is 33.1 Å². The summed E-state index contributed by atoms with van der Waals surface area (Å²) in [5.41, 5.74) is 4.12. The molecular formula is C24H24N6O3. The van der Waals surface area contributed by atoms with Gasteiger partial charge in [0, 0.05) is 23.1 Å². The molecule has 0 spiro atoms. The minimum atomic E-state index is -0.345. The third-order valence-corrected chi connectivity index (χ3v) is 4.87. The van der Waals surface area contributed by atoms with E-state index < -0.39 is 0 Å². The van der Waals surface area contributed by atoms with Gasteiger partial charge in [-0.25, -0.2) is 9.48 Å². The summed E-state index contributed by atoms with van der Waals surface area (Å²) in [7, 11) is 1.60. The van der Waals surface area contributed by atoms with E-state index in [1.807, 2.05) is 32.9 Å². The molecule has 9 nitrogen and oxygen atoms in total. The summed E-state index contributed by atoms with van der Waals surface area (Å²) in [6, 6.07) is 17.6. The summed E-state index contributed by atoms with van der Waals surface area (Å²) in [5.74, 6) is 2.28. The first-order valence-corrected chi connectivity index (χ1v) is 10.3. The van der Waals surface area contributed by atoms with Gasteiger partial charge in [0.2, 0.25) is 5.88 Å². The highest BCUT2D eigenvalue weighted by Gasteiger charge is 2.08. The fraction of sp³-hybridized carbons (Fsp3) is 0.167. The van der Waals surface area contributed by atoms with Crippen molar-refractivity contribution in [3.63, 3.8) is 0 Å². The molecule has 2 N–H and O–H groups in total. The van der Waals surface area contributed by atoms with E-state index in [9.17, 15) is 4.79 Å². The number of hydrogen-bond acceptors (Lipinski definition) is 6. The highest BCUT2D eigenvalue weighted by Crippen LogP contribution is 2.23. The van der Waals surface area contributed by atoms with Crippen LogP contribution in [0, 0.1) is 20.8 Å². The van der Waals surface area contributed by atoms with Crippen molar-refractivity contribution in [2.24, 2.45) is 0 Å². The SMILES string of the molecule is COc1ccc(NC(=O)Nc2ccc(Oc3ccc(-n4nc(C)cc4C)nn3)cc2)c(C)c1. The molecule has 0 aliphatic heterocycles. The lowest BCUT2D eigenvalue weighted by atomic mass is 10.2. The summed E-state index contributed by atoms with van der Waals surface area (Å²) < 4.78 is 12.7. The number of aromatic nitrogens is 4. The van der Waals surface area contributed by atoms with Gasteiger partial charge < -0.3 is 20.1 Å². The van der Waals surface area contributed by atoms with Crippen LogP contribution in [0.3, 0.4) is 0 Å². The second kappa shape index (κ2) is 9.39. The number of rotatable bonds is 6. The third kappa shape index (κ3) is 5.27. The molecule has 2 aromatic heterocycles. The van der Waals surface area contributed by atoms with E-state index in [0.29, 0.717) is 28.8 Å². The number of methoxy groups -OCH3 is 1. The van der Waals surface area contributed by atoms with E-state index in [0.717, 1.165) is 22.7 Å². The number of nitrogens with zero attached hydrogens (tertiary/aromatic N) is 4. The van der Waals surface area contributed by atoms with Gasteiger partial charge in [0.25, 0.3) is 0 Å². The van der Waals surface area contributed by atoms with Gasteiger partial charge >= 0.3 is 6.03 Å². The molecule has 4 aromatic rings. The number of carbonyl (C=O) groups excluding carboxylic acids is 1. The van der Waals surface area contributed by atoms with Crippen LogP contribution in [0.5, 0.6) is 17.4 Å². The maximum Gasteiger partial charge on any atom is 0.323 e. The van der Waals surface area contributed by atoms with E-state index in [-0.39, 0.29) is 6.03 Å². The van der Waals surface area contributed by atoms with Crippen molar-refractivity contribution in [1.82, 2.24) is 20.0 Å². The first-order valence-electron chi connectivity index (χ1n) is 10.3. The van der Waals surface area contributed by atoms with Crippen LogP contribution < -0.4 is 20.1 Å². The summed E-state index contributed by atoms with van der Waals surface area (Å²) in [5, 5.41) is 18.3. The summed E-state index contributed by atoms with van der Waals surface area (Å²) in [4.78, 5) is 12.3. The van der Waals surface area contributed by atoms with E-state index in [1.54, 1.807) is 60.3 Å². The highest BCUT2D eigenvalue weighted by molar-refractivity contribution is 6.00. The first kappa shape index (κ1) is 21.8. The van der Waals surface area contributed by atoms with Crippen LogP contribution in [0.15, 0.2) is 60.7 Å². The number of amides is 2. The lowest BCUT2D eigenvalue weighted by molar-refractivity contribution is 0.262. The number of carbonyl (C=O) groups is 1. The number of anilines is 2. The zero-order chi connectivity index (χ0) is 23.4. The first-order chi connectivity index (χ1) is 15.9. The molecule has 0 saturated heterocycles. The predicted octanol–water partition coefficient (Wildman–Crippen LogP) is 5.03. The average molecular weight is 444 g/mol. The lowest BCUT2D eigenvalue weighted by Gasteiger charge is -2.11. The van der Waals surface area contributed by atoms with Gasteiger partial charge in [0.05, 0.1) is 12.8 Å². The maximum atomic E-state index is 12.3. The Bertz CT molecular complexity index is 1270. The molecule has 2 aromatic carbocycles. The number of ether oxygens (including phenoxy) is 2. The Morgan fingerprint density at radius 3 is 2.24 bits per heavy atom. The minimum absolute atomic E-state index is 0.345.